The number of hydrogen-bond donors (Lipinski definition) is 2. The second kappa shape index (κ2) is 5.26. The van der Waals surface area contributed by atoms with Crippen molar-refractivity contribution >= 4 is 33.9 Å². The van der Waals surface area contributed by atoms with Gasteiger partial charge in [-0.3, -0.25) is 9.59 Å². The van der Waals surface area contributed by atoms with Crippen LogP contribution >= 0.6 is 0 Å². The van der Waals surface area contributed by atoms with Crippen LogP contribution in [-0.4, -0.2) is 27.4 Å². The Labute approximate surface area is 148 Å². The maximum absolute atomic E-state index is 12.3. The minimum Gasteiger partial charge on any atom is -0.494 e. The predicted octanol–water partition coefficient (Wildman–Crippen LogP) is 3.37. The monoisotopic (exact) mass is 342 g/mol. The zero-order valence-corrected chi connectivity index (χ0v) is 13.7. The van der Waals surface area contributed by atoms with E-state index in [4.69, 9.17) is 0 Å². The maximum Gasteiger partial charge on any atom is 0.199 e. The molecule has 0 spiro atoms. The number of aliphatic imine (C=N–C) groups is 1. The third-order valence-electron chi connectivity index (χ3n) is 4.96. The van der Waals surface area contributed by atoms with Gasteiger partial charge in [-0.15, -0.1) is 0 Å². The van der Waals surface area contributed by atoms with E-state index in [2.05, 4.69) is 9.98 Å². The number of ketones is 2. The van der Waals surface area contributed by atoms with Crippen molar-refractivity contribution in [2.24, 2.45) is 4.99 Å². The first-order valence-corrected chi connectivity index (χ1v) is 8.44. The molecule has 26 heavy (non-hydrogen) atoms. The number of allylic oxidation sites excluding steroid dienone is 1. The minimum atomic E-state index is -0.159. The molecule has 2 aromatic carbocycles. The number of aromatic hydroxyl groups is 1. The van der Waals surface area contributed by atoms with E-state index >= 15 is 0 Å². The lowest BCUT2D eigenvalue weighted by molar-refractivity contribution is -0.116. The van der Waals surface area contributed by atoms with Gasteiger partial charge in [0.05, 0.1) is 22.5 Å². The van der Waals surface area contributed by atoms with Crippen LogP contribution in [-0.2, 0) is 9.59 Å². The van der Waals surface area contributed by atoms with Gasteiger partial charge < -0.3 is 10.1 Å². The summed E-state index contributed by atoms with van der Waals surface area (Å²) in [4.78, 5) is 32.1. The van der Waals surface area contributed by atoms with Crippen molar-refractivity contribution in [1.29, 1.82) is 0 Å². The molecule has 5 heteroatoms. The zero-order valence-electron chi connectivity index (χ0n) is 13.7. The normalized spacial score (nSPS) is 16.5. The van der Waals surface area contributed by atoms with Crippen LogP contribution in [0.25, 0.3) is 16.6 Å². The van der Waals surface area contributed by atoms with Gasteiger partial charge in [-0.25, -0.2) is 4.99 Å². The largest absolute Gasteiger partial charge is 0.494 e. The van der Waals surface area contributed by atoms with Crippen molar-refractivity contribution in [3.8, 4) is 5.88 Å². The Morgan fingerprint density at radius 3 is 2.31 bits per heavy atom. The molecule has 126 valence electrons. The Kier molecular flexibility index (Phi) is 3.00. The highest BCUT2D eigenvalue weighted by molar-refractivity contribution is 6.34. The standard InChI is InChI=1S/C21H14N2O3/c24-15-9-10-16(25)18(15)20-12-6-2-1-5-11(12)19(23-20)17-13-7-3-4-8-14(13)22-21(17)26/h1-8,22,26H,9-10H2. The van der Waals surface area contributed by atoms with Gasteiger partial charge in [0.25, 0.3) is 0 Å². The van der Waals surface area contributed by atoms with Crippen LogP contribution in [0.5, 0.6) is 5.88 Å². The van der Waals surface area contributed by atoms with E-state index in [1.54, 1.807) is 0 Å². The van der Waals surface area contributed by atoms with Crippen molar-refractivity contribution in [3.05, 3.63) is 70.8 Å². The molecular formula is C21H14N2O3. The number of nitrogens with one attached hydrogen (secondary N) is 1. The van der Waals surface area contributed by atoms with Crippen LogP contribution < -0.4 is 0 Å². The third kappa shape index (κ3) is 1.94. The second-order valence-electron chi connectivity index (χ2n) is 6.47. The number of fused-ring (bicyclic) bond motifs is 2. The molecule has 5 rings (SSSR count). The van der Waals surface area contributed by atoms with Crippen LogP contribution in [0.1, 0.15) is 29.5 Å². The Morgan fingerprint density at radius 1 is 0.885 bits per heavy atom. The van der Waals surface area contributed by atoms with Gasteiger partial charge in [0.2, 0.25) is 0 Å². The lowest BCUT2D eigenvalue weighted by Gasteiger charge is -2.03. The van der Waals surface area contributed by atoms with Crippen LogP contribution in [0.4, 0.5) is 0 Å². The molecule has 0 bridgehead atoms. The molecular weight excluding hydrogens is 328 g/mol. The molecule has 2 heterocycles. The summed E-state index contributed by atoms with van der Waals surface area (Å²) in [6.45, 7) is 0. The first kappa shape index (κ1) is 14.8. The van der Waals surface area contributed by atoms with Crippen molar-refractivity contribution < 1.29 is 14.7 Å². The van der Waals surface area contributed by atoms with Crippen LogP contribution in [0.3, 0.4) is 0 Å². The molecule has 0 radical (unpaired) electrons. The molecule has 0 saturated heterocycles. The van der Waals surface area contributed by atoms with E-state index < -0.39 is 0 Å². The smallest absolute Gasteiger partial charge is 0.199 e. The number of Topliss-reactive ketones (excluding diaryl/α,β-unsaturated/α-hetero) is 2. The lowest BCUT2D eigenvalue weighted by atomic mass is 9.97. The Bertz CT molecular complexity index is 1160. The van der Waals surface area contributed by atoms with Crippen LogP contribution in [0, 0.1) is 0 Å². The highest BCUT2D eigenvalue weighted by atomic mass is 16.3. The van der Waals surface area contributed by atoms with Gasteiger partial charge in [0.1, 0.15) is 0 Å². The second-order valence-corrected chi connectivity index (χ2v) is 6.47. The summed E-state index contributed by atoms with van der Waals surface area (Å²) in [5.41, 5.74) is 4.13. The molecule has 1 aliphatic carbocycles. The molecule has 0 atom stereocenters. The Balaban J connectivity index is 1.84. The molecule has 1 fully saturated rings. The van der Waals surface area contributed by atoms with Crippen molar-refractivity contribution in [2.45, 2.75) is 12.8 Å². The first-order valence-electron chi connectivity index (χ1n) is 8.44. The summed E-state index contributed by atoms with van der Waals surface area (Å²) in [7, 11) is 0. The molecule has 1 aromatic heterocycles. The fourth-order valence-corrected chi connectivity index (χ4v) is 3.77. The van der Waals surface area contributed by atoms with Crippen molar-refractivity contribution in [1.82, 2.24) is 4.98 Å². The minimum absolute atomic E-state index is 0.0232. The molecule has 3 aromatic rings. The van der Waals surface area contributed by atoms with Crippen molar-refractivity contribution in [3.63, 3.8) is 0 Å². The zero-order chi connectivity index (χ0) is 17.8. The highest BCUT2D eigenvalue weighted by Gasteiger charge is 2.34. The summed E-state index contributed by atoms with van der Waals surface area (Å²) >= 11 is 0. The average molecular weight is 342 g/mol. The number of H-pyrrole nitrogens is 1. The fraction of sp³-hybridized carbons (Fsp3) is 0.0952. The molecule has 0 amide bonds. The quantitative estimate of drug-likeness (QED) is 0.525. The number of nitrogens with zero attached hydrogens (tertiary/aromatic N) is 1. The number of aromatic nitrogens is 1. The predicted molar refractivity (Wildman–Crippen MR) is 98.2 cm³/mol. The Hall–Kier alpha value is -3.47. The number of carbonyl (C=O) groups is 2. The van der Waals surface area contributed by atoms with Gasteiger partial charge in [0.15, 0.2) is 17.4 Å². The molecule has 1 saturated carbocycles. The first-order chi connectivity index (χ1) is 12.6. The summed E-state index contributed by atoms with van der Waals surface area (Å²) < 4.78 is 0. The molecule has 2 aliphatic rings. The fourth-order valence-electron chi connectivity index (χ4n) is 3.77. The van der Waals surface area contributed by atoms with E-state index in [1.165, 1.54) is 0 Å². The highest BCUT2D eigenvalue weighted by Crippen LogP contribution is 2.39. The van der Waals surface area contributed by atoms with E-state index in [-0.39, 0.29) is 35.9 Å². The number of aromatic amines is 1. The van der Waals surface area contributed by atoms with E-state index in [1.807, 2.05) is 48.5 Å². The molecule has 0 unspecified atom stereocenters. The van der Waals surface area contributed by atoms with E-state index in [0.717, 1.165) is 22.0 Å². The molecule has 5 nitrogen and oxygen atoms in total. The van der Waals surface area contributed by atoms with Crippen LogP contribution in [0.2, 0.25) is 0 Å². The van der Waals surface area contributed by atoms with E-state index in [9.17, 15) is 14.7 Å². The summed E-state index contributed by atoms with van der Waals surface area (Å²) in [5.74, 6) is -0.295. The van der Waals surface area contributed by atoms with Gasteiger partial charge in [-0.1, -0.05) is 42.5 Å². The number of benzene rings is 2. The van der Waals surface area contributed by atoms with Crippen LogP contribution in [0.15, 0.2) is 59.1 Å². The number of carbonyl (C=O) groups excluding carboxylic acids is 2. The summed E-state index contributed by atoms with van der Waals surface area (Å²) in [6.07, 6.45) is 0.478. The summed E-state index contributed by atoms with van der Waals surface area (Å²) in [6, 6.07) is 15.1. The van der Waals surface area contributed by atoms with Gasteiger partial charge >= 0.3 is 0 Å². The average Bonchev–Trinajstić information content (AvgIpc) is 3.28. The van der Waals surface area contributed by atoms with Gasteiger partial charge in [-0.2, -0.15) is 0 Å². The maximum atomic E-state index is 12.3. The SMILES string of the molecule is O=C1CCC(=O)C1=C1N=C(c2c(O)[nH]c3ccccc23)c2ccccc21. The van der Waals surface area contributed by atoms with Gasteiger partial charge in [0, 0.05) is 34.9 Å². The van der Waals surface area contributed by atoms with Crippen molar-refractivity contribution in [2.75, 3.05) is 0 Å². The number of hydrogen-bond acceptors (Lipinski definition) is 4. The number of rotatable bonds is 1. The lowest BCUT2D eigenvalue weighted by Crippen LogP contribution is -2.02. The van der Waals surface area contributed by atoms with E-state index in [0.29, 0.717) is 17.0 Å². The topological polar surface area (TPSA) is 82.5 Å². The molecule has 2 N–H and O–H groups in total. The van der Waals surface area contributed by atoms with Gasteiger partial charge in [-0.05, 0) is 6.07 Å². The third-order valence-corrected chi connectivity index (χ3v) is 4.96. The molecule has 1 aliphatic heterocycles. The summed E-state index contributed by atoms with van der Waals surface area (Å²) in [5, 5.41) is 11.3. The number of para-hydroxylation sites is 1. The Morgan fingerprint density at radius 2 is 1.54 bits per heavy atom.